The van der Waals surface area contributed by atoms with Gasteiger partial charge < -0.3 is 14.4 Å². The van der Waals surface area contributed by atoms with Gasteiger partial charge in [0.15, 0.2) is 5.82 Å². The van der Waals surface area contributed by atoms with Crippen molar-refractivity contribution in [3.8, 4) is 0 Å². The molecule has 0 amide bonds. The molecule has 0 aliphatic rings. The molecule has 0 aliphatic carbocycles. The number of aromatic nitrogens is 3. The van der Waals surface area contributed by atoms with Gasteiger partial charge in [-0.25, -0.2) is 0 Å². The maximum atomic E-state index is 5.34. The van der Waals surface area contributed by atoms with Crippen molar-refractivity contribution in [3.05, 3.63) is 54.2 Å². The molecule has 0 radical (unpaired) electrons. The molecular formula is C20H22N4O. The zero-order valence-electron chi connectivity index (χ0n) is 14.8. The van der Waals surface area contributed by atoms with E-state index < -0.39 is 0 Å². The van der Waals surface area contributed by atoms with Gasteiger partial charge in [0.05, 0.1) is 0 Å². The maximum absolute atomic E-state index is 5.34. The van der Waals surface area contributed by atoms with Crippen LogP contribution in [0.1, 0.15) is 38.5 Å². The highest BCUT2D eigenvalue weighted by Crippen LogP contribution is 2.31. The van der Waals surface area contributed by atoms with Crippen LogP contribution in [0.2, 0.25) is 0 Å². The van der Waals surface area contributed by atoms with Crippen LogP contribution in [0.15, 0.2) is 47.0 Å². The van der Waals surface area contributed by atoms with Gasteiger partial charge in [-0.3, -0.25) is 0 Å². The molecule has 5 nitrogen and oxygen atoms in total. The van der Waals surface area contributed by atoms with Crippen LogP contribution in [0.25, 0.3) is 21.8 Å². The zero-order valence-corrected chi connectivity index (χ0v) is 14.8. The SMILES string of the molecule is CCc1noc([C@H](C)Nc2ccc3c(c2)c2ccccc2n3CC)n1. The molecule has 0 spiro atoms. The Morgan fingerprint density at radius 2 is 1.88 bits per heavy atom. The quantitative estimate of drug-likeness (QED) is 0.562. The van der Waals surface area contributed by atoms with Crippen LogP contribution < -0.4 is 5.32 Å². The lowest BCUT2D eigenvalue weighted by molar-refractivity contribution is 0.363. The third-order valence-electron chi connectivity index (χ3n) is 4.64. The van der Waals surface area contributed by atoms with E-state index in [0.717, 1.165) is 24.5 Å². The van der Waals surface area contributed by atoms with Crippen molar-refractivity contribution in [1.29, 1.82) is 0 Å². The van der Waals surface area contributed by atoms with Crippen molar-refractivity contribution in [2.75, 3.05) is 5.32 Å². The van der Waals surface area contributed by atoms with E-state index in [1.807, 2.05) is 13.8 Å². The van der Waals surface area contributed by atoms with Crippen molar-refractivity contribution >= 4 is 27.5 Å². The Morgan fingerprint density at radius 3 is 2.64 bits per heavy atom. The lowest BCUT2D eigenvalue weighted by Crippen LogP contribution is -2.07. The molecule has 4 aromatic rings. The van der Waals surface area contributed by atoms with E-state index in [-0.39, 0.29) is 6.04 Å². The fraction of sp³-hybridized carbons (Fsp3) is 0.300. The minimum Gasteiger partial charge on any atom is -0.374 e. The highest BCUT2D eigenvalue weighted by atomic mass is 16.5. The molecule has 2 aromatic carbocycles. The predicted octanol–water partition coefficient (Wildman–Crippen LogP) is 4.93. The van der Waals surface area contributed by atoms with E-state index in [1.165, 1.54) is 21.8 Å². The first-order chi connectivity index (χ1) is 12.2. The molecule has 1 N–H and O–H groups in total. The van der Waals surface area contributed by atoms with Crippen LogP contribution in [-0.4, -0.2) is 14.7 Å². The van der Waals surface area contributed by atoms with Crippen molar-refractivity contribution in [1.82, 2.24) is 14.7 Å². The highest BCUT2D eigenvalue weighted by molar-refractivity contribution is 6.09. The third-order valence-corrected chi connectivity index (χ3v) is 4.64. The molecule has 0 fully saturated rings. The van der Waals surface area contributed by atoms with E-state index in [4.69, 9.17) is 4.52 Å². The molecule has 0 unspecified atom stereocenters. The van der Waals surface area contributed by atoms with E-state index in [2.05, 4.69) is 69.4 Å². The normalized spacial score (nSPS) is 12.8. The fourth-order valence-corrected chi connectivity index (χ4v) is 3.38. The summed E-state index contributed by atoms with van der Waals surface area (Å²) < 4.78 is 7.69. The number of hydrogen-bond acceptors (Lipinski definition) is 4. The molecule has 0 saturated heterocycles. The standard InChI is InChI=1S/C20H22N4O/c1-4-19-22-20(25-23-19)13(3)21-14-10-11-18-16(12-14)15-8-6-7-9-17(15)24(18)5-2/h6-13,21H,4-5H2,1-3H3/t13-/m0/s1. The molecule has 2 heterocycles. The van der Waals surface area contributed by atoms with Crippen molar-refractivity contribution in [3.63, 3.8) is 0 Å². The van der Waals surface area contributed by atoms with E-state index in [0.29, 0.717) is 5.89 Å². The van der Waals surface area contributed by atoms with Gasteiger partial charge in [-0.05, 0) is 38.1 Å². The van der Waals surface area contributed by atoms with Gasteiger partial charge in [0, 0.05) is 40.5 Å². The van der Waals surface area contributed by atoms with E-state index in [9.17, 15) is 0 Å². The minimum absolute atomic E-state index is 0.0372. The number of nitrogens with one attached hydrogen (secondary N) is 1. The lowest BCUT2D eigenvalue weighted by Gasteiger charge is -2.11. The maximum Gasteiger partial charge on any atom is 0.248 e. The first-order valence-corrected chi connectivity index (χ1v) is 8.81. The summed E-state index contributed by atoms with van der Waals surface area (Å²) in [4.78, 5) is 4.41. The number of fused-ring (bicyclic) bond motifs is 3. The van der Waals surface area contributed by atoms with E-state index >= 15 is 0 Å². The van der Waals surface area contributed by atoms with Crippen LogP contribution in [0.5, 0.6) is 0 Å². The molecule has 0 bridgehead atoms. The molecular weight excluding hydrogens is 312 g/mol. The molecule has 2 aromatic heterocycles. The van der Waals surface area contributed by atoms with Gasteiger partial charge in [-0.1, -0.05) is 30.3 Å². The summed E-state index contributed by atoms with van der Waals surface area (Å²) >= 11 is 0. The number of hydrogen-bond donors (Lipinski definition) is 1. The van der Waals surface area contributed by atoms with Crippen LogP contribution in [-0.2, 0) is 13.0 Å². The Balaban J connectivity index is 1.72. The van der Waals surface area contributed by atoms with E-state index in [1.54, 1.807) is 0 Å². The van der Waals surface area contributed by atoms with Gasteiger partial charge in [0.25, 0.3) is 0 Å². The second kappa shape index (κ2) is 6.24. The second-order valence-electron chi connectivity index (χ2n) is 6.26. The summed E-state index contributed by atoms with van der Waals surface area (Å²) in [5, 5.41) is 9.99. The fourth-order valence-electron chi connectivity index (χ4n) is 3.38. The molecule has 4 rings (SSSR count). The average Bonchev–Trinajstić information content (AvgIpc) is 3.24. The smallest absolute Gasteiger partial charge is 0.248 e. The zero-order chi connectivity index (χ0) is 17.4. The monoisotopic (exact) mass is 334 g/mol. The lowest BCUT2D eigenvalue weighted by atomic mass is 10.1. The van der Waals surface area contributed by atoms with Crippen molar-refractivity contribution in [2.24, 2.45) is 0 Å². The van der Waals surface area contributed by atoms with Crippen LogP contribution >= 0.6 is 0 Å². The number of rotatable bonds is 5. The molecule has 25 heavy (non-hydrogen) atoms. The summed E-state index contributed by atoms with van der Waals surface area (Å²) in [7, 11) is 0. The van der Waals surface area contributed by atoms with Gasteiger partial charge in [0.1, 0.15) is 6.04 Å². The Labute approximate surface area is 146 Å². The summed E-state index contributed by atoms with van der Waals surface area (Å²) in [6.45, 7) is 7.19. The second-order valence-corrected chi connectivity index (χ2v) is 6.26. The Morgan fingerprint density at radius 1 is 1.08 bits per heavy atom. The minimum atomic E-state index is -0.0372. The summed E-state index contributed by atoms with van der Waals surface area (Å²) in [6, 6.07) is 15.0. The predicted molar refractivity (Wildman–Crippen MR) is 101 cm³/mol. The van der Waals surface area contributed by atoms with Gasteiger partial charge >= 0.3 is 0 Å². The first-order valence-electron chi connectivity index (χ1n) is 8.81. The van der Waals surface area contributed by atoms with Gasteiger partial charge in [0.2, 0.25) is 5.89 Å². The first kappa shape index (κ1) is 15.7. The number of aryl methyl sites for hydroxylation is 2. The topological polar surface area (TPSA) is 55.9 Å². The Hall–Kier alpha value is -2.82. The van der Waals surface area contributed by atoms with Crippen LogP contribution in [0.4, 0.5) is 5.69 Å². The molecule has 128 valence electrons. The molecule has 0 saturated carbocycles. The van der Waals surface area contributed by atoms with Crippen molar-refractivity contribution < 1.29 is 4.52 Å². The van der Waals surface area contributed by atoms with Gasteiger partial charge in [-0.15, -0.1) is 0 Å². The van der Waals surface area contributed by atoms with Crippen LogP contribution in [0, 0.1) is 0 Å². The summed E-state index contributed by atoms with van der Waals surface area (Å²) in [5.41, 5.74) is 3.58. The van der Waals surface area contributed by atoms with Crippen molar-refractivity contribution in [2.45, 2.75) is 39.8 Å². The number of benzene rings is 2. The molecule has 1 atom stereocenters. The van der Waals surface area contributed by atoms with Crippen LogP contribution in [0.3, 0.4) is 0 Å². The average molecular weight is 334 g/mol. The molecule has 5 heteroatoms. The third kappa shape index (κ3) is 2.65. The Bertz CT molecular complexity index is 1030. The summed E-state index contributed by atoms with van der Waals surface area (Å²) in [5.74, 6) is 1.36. The Kier molecular flexibility index (Phi) is 3.92. The highest BCUT2D eigenvalue weighted by Gasteiger charge is 2.15. The number of anilines is 1. The number of nitrogens with zero attached hydrogens (tertiary/aromatic N) is 3. The molecule has 0 aliphatic heterocycles. The van der Waals surface area contributed by atoms with Gasteiger partial charge in [-0.2, -0.15) is 4.98 Å². The largest absolute Gasteiger partial charge is 0.374 e. The summed E-state index contributed by atoms with van der Waals surface area (Å²) in [6.07, 6.45) is 0.776. The number of para-hydroxylation sites is 1.